The summed E-state index contributed by atoms with van der Waals surface area (Å²) in [4.78, 5) is 27.6. The number of aromatic nitrogens is 5. The number of hydrogen-bond acceptors (Lipinski definition) is 9. The van der Waals surface area contributed by atoms with Gasteiger partial charge in [0.05, 0.1) is 18.3 Å². The van der Waals surface area contributed by atoms with Crippen molar-refractivity contribution in [1.82, 2.24) is 29.5 Å². The molecule has 1 unspecified atom stereocenters. The molecule has 5 aromatic rings. The number of likely N-dealkylation sites (N-methyl/N-ethyl adjacent to an activating group) is 1. The van der Waals surface area contributed by atoms with Crippen LogP contribution < -0.4 is 20.1 Å². The molecule has 2 aromatic carbocycles. The molecule has 1 aliphatic rings. The first-order valence-corrected chi connectivity index (χ1v) is 13.4. The molecule has 12 heteroatoms. The maximum Gasteiger partial charge on any atom is 0.284 e. The van der Waals surface area contributed by atoms with Gasteiger partial charge >= 0.3 is 0 Å². The van der Waals surface area contributed by atoms with Crippen molar-refractivity contribution in [1.29, 1.82) is 0 Å². The predicted molar refractivity (Wildman–Crippen MR) is 157 cm³/mol. The Morgan fingerprint density at radius 2 is 1.98 bits per heavy atom. The van der Waals surface area contributed by atoms with Gasteiger partial charge in [-0.25, -0.2) is 23.9 Å². The van der Waals surface area contributed by atoms with Crippen molar-refractivity contribution in [2.24, 2.45) is 0 Å². The summed E-state index contributed by atoms with van der Waals surface area (Å²) < 4.78 is 28.1. The number of fused-ring (bicyclic) bond motifs is 2. The Morgan fingerprint density at radius 3 is 2.79 bits per heavy atom. The third-order valence-corrected chi connectivity index (χ3v) is 7.26. The van der Waals surface area contributed by atoms with Gasteiger partial charge in [-0.05, 0) is 75.3 Å². The number of benzene rings is 2. The molecule has 1 aliphatic heterocycles. The van der Waals surface area contributed by atoms with Gasteiger partial charge < -0.3 is 20.1 Å². The van der Waals surface area contributed by atoms with Crippen LogP contribution in [0.2, 0.25) is 0 Å². The van der Waals surface area contributed by atoms with Gasteiger partial charge in [-0.2, -0.15) is 5.10 Å². The summed E-state index contributed by atoms with van der Waals surface area (Å²) in [5.74, 6) is 0.636. The van der Waals surface area contributed by atoms with Gasteiger partial charge in [0, 0.05) is 35.4 Å². The minimum absolute atomic E-state index is 0.0794. The second-order valence-electron chi connectivity index (χ2n) is 10.1. The fourth-order valence-electron chi connectivity index (χ4n) is 4.98. The number of halogens is 1. The van der Waals surface area contributed by atoms with Crippen LogP contribution >= 0.6 is 0 Å². The van der Waals surface area contributed by atoms with Crippen LogP contribution in [-0.2, 0) is 4.79 Å². The lowest BCUT2D eigenvalue weighted by atomic mass is 10.1. The van der Waals surface area contributed by atoms with E-state index < -0.39 is 11.7 Å². The average molecular weight is 569 g/mol. The number of amides is 1. The minimum atomic E-state index is -0.805. The third-order valence-electron chi connectivity index (χ3n) is 7.26. The first kappa shape index (κ1) is 27.1. The lowest BCUT2D eigenvalue weighted by Crippen LogP contribution is -2.24. The summed E-state index contributed by atoms with van der Waals surface area (Å²) in [6.07, 6.45) is 7.89. The molecular weight excluding hydrogens is 539 g/mol. The van der Waals surface area contributed by atoms with Crippen LogP contribution in [0.3, 0.4) is 0 Å². The van der Waals surface area contributed by atoms with E-state index >= 15 is 0 Å². The highest BCUT2D eigenvalue weighted by Gasteiger charge is 2.21. The van der Waals surface area contributed by atoms with E-state index in [0.717, 1.165) is 24.9 Å². The van der Waals surface area contributed by atoms with Crippen molar-refractivity contribution in [3.05, 3.63) is 78.8 Å². The molecule has 11 nitrogen and oxygen atoms in total. The normalized spacial score (nSPS) is 15.7. The van der Waals surface area contributed by atoms with Crippen LogP contribution in [0.15, 0.2) is 73.2 Å². The zero-order chi connectivity index (χ0) is 29.2. The Kier molecular flexibility index (Phi) is 7.36. The number of aryl methyl sites for hydroxylation is 1. The van der Waals surface area contributed by atoms with Crippen LogP contribution in [0, 0.1) is 6.92 Å². The van der Waals surface area contributed by atoms with Gasteiger partial charge in [-0.1, -0.05) is 0 Å². The molecule has 0 saturated carbocycles. The van der Waals surface area contributed by atoms with Crippen molar-refractivity contribution < 1.29 is 18.7 Å². The van der Waals surface area contributed by atoms with Crippen molar-refractivity contribution in [2.75, 3.05) is 31.3 Å². The summed E-state index contributed by atoms with van der Waals surface area (Å²) in [6, 6.07) is 12.3. The third kappa shape index (κ3) is 5.56. The molecule has 2 N–H and O–H groups in total. The van der Waals surface area contributed by atoms with E-state index in [2.05, 4.69) is 30.7 Å². The molecule has 1 saturated heterocycles. The van der Waals surface area contributed by atoms with E-state index in [1.54, 1.807) is 54.2 Å². The topological polar surface area (TPSA) is 119 Å². The van der Waals surface area contributed by atoms with Gasteiger partial charge in [0.1, 0.15) is 35.7 Å². The second kappa shape index (κ2) is 11.4. The molecule has 0 aliphatic carbocycles. The summed E-state index contributed by atoms with van der Waals surface area (Å²) in [6.45, 7) is 2.81. The van der Waals surface area contributed by atoms with Gasteiger partial charge in [0.15, 0.2) is 11.5 Å². The number of hydrogen-bond donors (Lipinski definition) is 2. The summed E-state index contributed by atoms with van der Waals surface area (Å²) in [5, 5.41) is 10.7. The monoisotopic (exact) mass is 568 g/mol. The fraction of sp³-hybridized carbons (Fsp3) is 0.233. The van der Waals surface area contributed by atoms with Crippen LogP contribution in [0.4, 0.5) is 21.6 Å². The second-order valence-corrected chi connectivity index (χ2v) is 10.1. The molecular formula is C30H29FN8O3. The number of carbonyl (C=O) groups excluding carboxylic acids is 1. The van der Waals surface area contributed by atoms with Crippen molar-refractivity contribution >= 4 is 39.6 Å². The number of carbonyl (C=O) groups is 1. The number of pyridine rings is 1. The van der Waals surface area contributed by atoms with E-state index in [9.17, 15) is 9.18 Å². The first-order valence-electron chi connectivity index (χ1n) is 13.4. The molecule has 1 amide bonds. The maximum atomic E-state index is 14.7. The average Bonchev–Trinajstić information content (AvgIpc) is 3.62. The Morgan fingerprint density at radius 1 is 1.10 bits per heavy atom. The minimum Gasteiger partial charge on any atom is -0.494 e. The van der Waals surface area contributed by atoms with Crippen LogP contribution in [0.5, 0.6) is 17.2 Å². The number of methoxy groups -OCH3 is 1. The Balaban J connectivity index is 1.24. The van der Waals surface area contributed by atoms with Gasteiger partial charge in [0.2, 0.25) is 0 Å². The molecule has 0 radical (unpaired) electrons. The zero-order valence-electron chi connectivity index (χ0n) is 23.3. The van der Waals surface area contributed by atoms with Crippen molar-refractivity contribution in [3.8, 4) is 17.2 Å². The van der Waals surface area contributed by atoms with Crippen LogP contribution in [0.1, 0.15) is 18.4 Å². The Labute approximate surface area is 241 Å². The van der Waals surface area contributed by atoms with E-state index in [0.29, 0.717) is 51.0 Å². The van der Waals surface area contributed by atoms with Crippen molar-refractivity contribution in [2.45, 2.75) is 25.8 Å². The molecule has 1 atom stereocenters. The number of likely N-dealkylation sites (tertiary alicyclic amines) is 1. The maximum absolute atomic E-state index is 14.7. The smallest absolute Gasteiger partial charge is 0.284 e. The molecule has 42 heavy (non-hydrogen) atoms. The summed E-state index contributed by atoms with van der Waals surface area (Å²) in [7, 11) is 3.49. The van der Waals surface area contributed by atoms with E-state index in [1.807, 2.05) is 24.9 Å². The first-order chi connectivity index (χ1) is 20.4. The Bertz CT molecular complexity index is 1820. The predicted octanol–water partition coefficient (Wildman–Crippen LogP) is 5.41. The molecule has 0 spiro atoms. The fourth-order valence-corrected chi connectivity index (χ4v) is 4.98. The standard InChI is InChI=1S/C30H29FN8O3/c1-18-11-25(27(41-3)15-26(18)42-21-8-10-39-28(14-21)33-17-35-39)37-29-22-12-19(6-7-24(22)32-16-34-29)36-30(40)23(31)13-20-5-4-9-38(20)2/h6-8,10-17,20H,4-5,9H2,1-3H3,(H,36,40)(H,32,34,37). The number of anilines is 3. The lowest BCUT2D eigenvalue weighted by Gasteiger charge is -2.16. The van der Waals surface area contributed by atoms with Crippen molar-refractivity contribution in [3.63, 3.8) is 0 Å². The highest BCUT2D eigenvalue weighted by atomic mass is 19.1. The van der Waals surface area contributed by atoms with Crippen LogP contribution in [0.25, 0.3) is 16.6 Å². The zero-order valence-corrected chi connectivity index (χ0v) is 23.3. The van der Waals surface area contributed by atoms with Crippen LogP contribution in [-0.4, -0.2) is 62.1 Å². The number of ether oxygens (including phenoxy) is 2. The number of nitrogens with zero attached hydrogens (tertiary/aromatic N) is 6. The van der Waals surface area contributed by atoms with Gasteiger partial charge in [0.25, 0.3) is 5.91 Å². The van der Waals surface area contributed by atoms with Gasteiger partial charge in [-0.15, -0.1) is 0 Å². The molecule has 1 fully saturated rings. The number of nitrogens with one attached hydrogen (secondary N) is 2. The highest BCUT2D eigenvalue weighted by Crippen LogP contribution is 2.37. The molecule has 0 bridgehead atoms. The Hall–Kier alpha value is -5.10. The van der Waals surface area contributed by atoms with E-state index in [-0.39, 0.29) is 6.04 Å². The highest BCUT2D eigenvalue weighted by molar-refractivity contribution is 6.04. The van der Waals surface area contributed by atoms with E-state index in [1.165, 1.54) is 18.7 Å². The molecule has 4 heterocycles. The van der Waals surface area contributed by atoms with Gasteiger partial charge in [-0.3, -0.25) is 9.69 Å². The molecule has 6 rings (SSSR count). The summed E-state index contributed by atoms with van der Waals surface area (Å²) in [5.41, 5.74) is 3.24. The lowest BCUT2D eigenvalue weighted by molar-refractivity contribution is -0.114. The van der Waals surface area contributed by atoms with E-state index in [4.69, 9.17) is 9.47 Å². The summed E-state index contributed by atoms with van der Waals surface area (Å²) >= 11 is 0. The number of rotatable bonds is 8. The quantitative estimate of drug-likeness (QED) is 0.237. The molecule has 214 valence electrons. The largest absolute Gasteiger partial charge is 0.494 e. The SMILES string of the molecule is COc1cc(Oc2ccn3ncnc3c2)c(C)cc1Nc1ncnc2ccc(NC(=O)C(F)=CC3CCCN3C)cc12. The molecule has 3 aromatic heterocycles.